The maximum Gasteiger partial charge on any atom is 0.243 e. The number of nitrogens with one attached hydrogen (secondary N) is 1. The Morgan fingerprint density at radius 1 is 1.32 bits per heavy atom. The van der Waals surface area contributed by atoms with E-state index >= 15 is 0 Å². The molecule has 0 fully saturated rings. The molecule has 0 atom stereocenters. The SMILES string of the molecule is Cn1ccc(CCNS(=O)(=O)c2ccccc2F)n1. The molecule has 0 radical (unpaired) electrons. The Kier molecular flexibility index (Phi) is 3.96. The molecule has 1 heterocycles. The van der Waals surface area contributed by atoms with Crippen LogP contribution >= 0.6 is 0 Å². The lowest BCUT2D eigenvalue weighted by Gasteiger charge is -2.06. The zero-order valence-corrected chi connectivity index (χ0v) is 11.2. The maximum absolute atomic E-state index is 13.4. The summed E-state index contributed by atoms with van der Waals surface area (Å²) in [6, 6.07) is 7.09. The summed E-state index contributed by atoms with van der Waals surface area (Å²) < 4.78 is 41.1. The molecule has 0 spiro atoms. The molecule has 1 N–H and O–H groups in total. The Balaban J connectivity index is 2.01. The van der Waals surface area contributed by atoms with E-state index in [2.05, 4.69) is 9.82 Å². The lowest BCUT2D eigenvalue weighted by molar-refractivity contribution is 0.557. The summed E-state index contributed by atoms with van der Waals surface area (Å²) in [4.78, 5) is -0.337. The number of aromatic nitrogens is 2. The Hall–Kier alpha value is -1.73. The van der Waals surface area contributed by atoms with Gasteiger partial charge in [0.1, 0.15) is 10.7 Å². The predicted molar refractivity (Wildman–Crippen MR) is 68.5 cm³/mol. The number of hydrogen-bond acceptors (Lipinski definition) is 3. The molecule has 19 heavy (non-hydrogen) atoms. The van der Waals surface area contributed by atoms with Gasteiger partial charge in [0.05, 0.1) is 5.69 Å². The minimum atomic E-state index is -3.81. The third-order valence-electron chi connectivity index (χ3n) is 2.57. The number of benzene rings is 1. The van der Waals surface area contributed by atoms with Crippen LogP contribution in [0.1, 0.15) is 5.69 Å². The molecular weight excluding hydrogens is 269 g/mol. The van der Waals surface area contributed by atoms with Crippen LogP contribution in [0.3, 0.4) is 0 Å². The van der Waals surface area contributed by atoms with E-state index in [0.29, 0.717) is 6.42 Å². The molecule has 0 aliphatic heterocycles. The van der Waals surface area contributed by atoms with Gasteiger partial charge in [-0.2, -0.15) is 5.10 Å². The van der Waals surface area contributed by atoms with E-state index in [0.717, 1.165) is 11.8 Å². The highest BCUT2D eigenvalue weighted by molar-refractivity contribution is 7.89. The van der Waals surface area contributed by atoms with Crippen LogP contribution in [0.4, 0.5) is 4.39 Å². The summed E-state index contributed by atoms with van der Waals surface area (Å²) in [5.74, 6) is -0.757. The lowest BCUT2D eigenvalue weighted by Crippen LogP contribution is -2.26. The van der Waals surface area contributed by atoms with Crippen LogP contribution in [0.2, 0.25) is 0 Å². The molecule has 0 saturated carbocycles. The number of sulfonamides is 1. The second-order valence-corrected chi connectivity index (χ2v) is 5.79. The largest absolute Gasteiger partial charge is 0.276 e. The van der Waals surface area contributed by atoms with Crippen LogP contribution in [0, 0.1) is 5.82 Å². The van der Waals surface area contributed by atoms with Crippen molar-refractivity contribution in [3.8, 4) is 0 Å². The number of hydrogen-bond donors (Lipinski definition) is 1. The average molecular weight is 283 g/mol. The second kappa shape index (κ2) is 5.50. The van der Waals surface area contributed by atoms with E-state index in [1.54, 1.807) is 24.0 Å². The van der Waals surface area contributed by atoms with Gasteiger partial charge in [0.15, 0.2) is 0 Å². The van der Waals surface area contributed by atoms with Crippen molar-refractivity contribution in [2.24, 2.45) is 7.05 Å². The highest BCUT2D eigenvalue weighted by Crippen LogP contribution is 2.12. The Labute approximate surface area is 111 Å². The third-order valence-corrected chi connectivity index (χ3v) is 4.06. The van der Waals surface area contributed by atoms with Crippen LogP contribution in [0.15, 0.2) is 41.4 Å². The van der Waals surface area contributed by atoms with E-state index in [1.165, 1.54) is 18.2 Å². The molecule has 102 valence electrons. The zero-order chi connectivity index (χ0) is 13.9. The average Bonchev–Trinajstić information content (AvgIpc) is 2.75. The van der Waals surface area contributed by atoms with Gasteiger partial charge < -0.3 is 0 Å². The first-order chi connectivity index (χ1) is 8.99. The summed E-state index contributed by atoms with van der Waals surface area (Å²) in [5.41, 5.74) is 0.777. The summed E-state index contributed by atoms with van der Waals surface area (Å²) >= 11 is 0. The molecule has 1 aromatic heterocycles. The number of halogens is 1. The molecule has 0 saturated heterocycles. The predicted octanol–water partition coefficient (Wildman–Crippen LogP) is 1.08. The fourth-order valence-electron chi connectivity index (χ4n) is 1.65. The monoisotopic (exact) mass is 283 g/mol. The highest BCUT2D eigenvalue weighted by atomic mass is 32.2. The number of aryl methyl sites for hydroxylation is 1. The minimum Gasteiger partial charge on any atom is -0.276 e. The summed E-state index contributed by atoms with van der Waals surface area (Å²) in [6.07, 6.45) is 2.23. The van der Waals surface area contributed by atoms with Crippen LogP contribution in [0.5, 0.6) is 0 Å². The first-order valence-corrected chi connectivity index (χ1v) is 7.20. The molecule has 0 unspecified atom stereocenters. The van der Waals surface area contributed by atoms with Crippen molar-refractivity contribution in [2.75, 3.05) is 6.54 Å². The van der Waals surface area contributed by atoms with Crippen molar-refractivity contribution in [3.05, 3.63) is 48.0 Å². The number of nitrogens with zero attached hydrogens (tertiary/aromatic N) is 2. The smallest absolute Gasteiger partial charge is 0.243 e. The normalized spacial score (nSPS) is 11.7. The molecule has 0 bridgehead atoms. The first kappa shape index (κ1) is 13.7. The van der Waals surface area contributed by atoms with E-state index in [4.69, 9.17) is 0 Å². The molecule has 0 amide bonds. The summed E-state index contributed by atoms with van der Waals surface area (Å²) in [6.45, 7) is 0.174. The molecule has 7 heteroatoms. The maximum atomic E-state index is 13.4. The van der Waals surface area contributed by atoms with Gasteiger partial charge in [-0.1, -0.05) is 12.1 Å². The van der Waals surface area contributed by atoms with Gasteiger partial charge >= 0.3 is 0 Å². The highest BCUT2D eigenvalue weighted by Gasteiger charge is 2.17. The first-order valence-electron chi connectivity index (χ1n) is 5.72. The van der Waals surface area contributed by atoms with Gasteiger partial charge in [-0.05, 0) is 18.2 Å². The van der Waals surface area contributed by atoms with Crippen LogP contribution in [-0.4, -0.2) is 24.7 Å². The lowest BCUT2D eigenvalue weighted by atomic mass is 10.3. The van der Waals surface area contributed by atoms with Crippen molar-refractivity contribution in [2.45, 2.75) is 11.3 Å². The second-order valence-electron chi connectivity index (χ2n) is 4.06. The zero-order valence-electron chi connectivity index (χ0n) is 10.4. The van der Waals surface area contributed by atoms with Crippen molar-refractivity contribution in [1.29, 1.82) is 0 Å². The molecule has 1 aromatic carbocycles. The minimum absolute atomic E-state index is 0.174. The van der Waals surface area contributed by atoms with Gasteiger partial charge in [-0.3, -0.25) is 4.68 Å². The Morgan fingerprint density at radius 2 is 2.05 bits per heavy atom. The fraction of sp³-hybridized carbons (Fsp3) is 0.250. The summed E-state index contributed by atoms with van der Waals surface area (Å²) in [5, 5.41) is 4.13. The van der Waals surface area contributed by atoms with Gasteiger partial charge in [0.2, 0.25) is 10.0 Å². The molecule has 0 aliphatic carbocycles. The molecule has 2 rings (SSSR count). The van der Waals surface area contributed by atoms with Crippen molar-refractivity contribution in [1.82, 2.24) is 14.5 Å². The van der Waals surface area contributed by atoms with E-state index in [9.17, 15) is 12.8 Å². The van der Waals surface area contributed by atoms with Crippen LogP contribution in [-0.2, 0) is 23.5 Å². The summed E-state index contributed by atoms with van der Waals surface area (Å²) in [7, 11) is -2.03. The molecule has 0 aliphatic rings. The molecule has 5 nitrogen and oxygen atoms in total. The fourth-order valence-corrected chi connectivity index (χ4v) is 2.76. The van der Waals surface area contributed by atoms with E-state index in [-0.39, 0.29) is 11.4 Å². The van der Waals surface area contributed by atoms with Gasteiger partial charge in [0, 0.05) is 26.2 Å². The topological polar surface area (TPSA) is 64.0 Å². The van der Waals surface area contributed by atoms with Crippen LogP contribution in [0.25, 0.3) is 0 Å². The molecule has 2 aromatic rings. The quantitative estimate of drug-likeness (QED) is 0.893. The van der Waals surface area contributed by atoms with Crippen molar-refractivity contribution in [3.63, 3.8) is 0 Å². The molecular formula is C12H14FN3O2S. The number of rotatable bonds is 5. The van der Waals surface area contributed by atoms with E-state index < -0.39 is 15.8 Å². The van der Waals surface area contributed by atoms with Crippen LogP contribution < -0.4 is 4.72 Å². The Morgan fingerprint density at radius 3 is 2.68 bits per heavy atom. The standard InChI is InChI=1S/C12H14FN3O2S/c1-16-9-7-10(15-16)6-8-14-19(17,18)12-5-3-2-4-11(12)13/h2-5,7,9,14H,6,8H2,1H3. The van der Waals surface area contributed by atoms with Gasteiger partial charge in [-0.25, -0.2) is 17.5 Å². The van der Waals surface area contributed by atoms with Crippen molar-refractivity contribution >= 4 is 10.0 Å². The van der Waals surface area contributed by atoms with Crippen molar-refractivity contribution < 1.29 is 12.8 Å². The van der Waals surface area contributed by atoms with Gasteiger partial charge in [-0.15, -0.1) is 0 Å². The van der Waals surface area contributed by atoms with E-state index in [1.807, 2.05) is 0 Å². The third kappa shape index (κ3) is 3.39. The Bertz CT molecular complexity index is 667. The van der Waals surface area contributed by atoms with Gasteiger partial charge in [0.25, 0.3) is 0 Å².